The number of halogens is 1. The van der Waals surface area contributed by atoms with Crippen molar-refractivity contribution in [3.05, 3.63) is 70.9 Å². The summed E-state index contributed by atoms with van der Waals surface area (Å²) in [4.78, 5) is 26.0. The summed E-state index contributed by atoms with van der Waals surface area (Å²) in [7, 11) is 0. The van der Waals surface area contributed by atoms with E-state index in [0.29, 0.717) is 36.9 Å². The molecule has 6 nitrogen and oxygen atoms in total. The van der Waals surface area contributed by atoms with Gasteiger partial charge >= 0.3 is 6.03 Å². The number of aryl methyl sites for hydroxylation is 2. The van der Waals surface area contributed by atoms with Crippen LogP contribution in [-0.2, 0) is 0 Å². The van der Waals surface area contributed by atoms with Crippen molar-refractivity contribution in [3.63, 3.8) is 0 Å². The van der Waals surface area contributed by atoms with Crippen molar-refractivity contribution in [2.45, 2.75) is 13.8 Å². The second kappa shape index (κ2) is 8.71. The van der Waals surface area contributed by atoms with Gasteiger partial charge in [-0.3, -0.25) is 0 Å². The fourth-order valence-electron chi connectivity index (χ4n) is 3.45. The number of nitrogens with one attached hydrogen (secondary N) is 1. The van der Waals surface area contributed by atoms with E-state index in [2.05, 4.69) is 34.3 Å². The van der Waals surface area contributed by atoms with Crippen molar-refractivity contribution in [3.8, 4) is 11.4 Å². The van der Waals surface area contributed by atoms with Gasteiger partial charge < -0.3 is 15.1 Å². The Bertz CT molecular complexity index is 1050. The molecule has 154 valence electrons. The first-order valence-corrected chi connectivity index (χ1v) is 10.3. The number of carbonyl (C=O) groups is 1. The van der Waals surface area contributed by atoms with Gasteiger partial charge in [-0.05, 0) is 32.0 Å². The molecule has 2 amide bonds. The molecule has 1 aliphatic rings. The Labute approximate surface area is 181 Å². The number of hydrogen-bond acceptors (Lipinski definition) is 4. The Morgan fingerprint density at radius 1 is 0.967 bits per heavy atom. The molecule has 0 bridgehead atoms. The van der Waals surface area contributed by atoms with Crippen LogP contribution in [0, 0.1) is 13.8 Å². The maximum Gasteiger partial charge on any atom is 0.321 e. The molecule has 1 aromatic heterocycles. The Morgan fingerprint density at radius 3 is 2.40 bits per heavy atom. The normalized spacial score (nSPS) is 14.0. The first-order chi connectivity index (χ1) is 14.5. The van der Waals surface area contributed by atoms with Gasteiger partial charge in [0.15, 0.2) is 5.82 Å². The third-order valence-electron chi connectivity index (χ3n) is 5.12. The quantitative estimate of drug-likeness (QED) is 0.661. The van der Waals surface area contributed by atoms with E-state index >= 15 is 0 Å². The number of amides is 2. The molecule has 0 aliphatic carbocycles. The van der Waals surface area contributed by atoms with Gasteiger partial charge in [0.2, 0.25) is 0 Å². The summed E-state index contributed by atoms with van der Waals surface area (Å²) < 4.78 is 0. The monoisotopic (exact) mass is 421 g/mol. The fourth-order valence-corrected chi connectivity index (χ4v) is 3.64. The number of rotatable bonds is 3. The molecule has 3 aromatic rings. The average molecular weight is 422 g/mol. The summed E-state index contributed by atoms with van der Waals surface area (Å²) >= 11 is 5.99. The largest absolute Gasteiger partial charge is 0.353 e. The van der Waals surface area contributed by atoms with Crippen LogP contribution in [0.4, 0.5) is 16.3 Å². The molecule has 30 heavy (non-hydrogen) atoms. The molecular formula is C23H24ClN5O. The van der Waals surface area contributed by atoms with Crippen LogP contribution in [0.15, 0.2) is 54.6 Å². The third-order valence-corrected chi connectivity index (χ3v) is 5.35. The molecule has 7 heteroatoms. The minimum atomic E-state index is -0.115. The summed E-state index contributed by atoms with van der Waals surface area (Å²) in [6.07, 6.45) is 0. The van der Waals surface area contributed by atoms with Crippen LogP contribution < -0.4 is 10.2 Å². The van der Waals surface area contributed by atoms with Crippen LogP contribution in [0.3, 0.4) is 0 Å². The first-order valence-electron chi connectivity index (χ1n) is 9.97. The van der Waals surface area contributed by atoms with E-state index in [9.17, 15) is 4.79 Å². The molecule has 1 N–H and O–H groups in total. The summed E-state index contributed by atoms with van der Waals surface area (Å²) in [5.41, 5.74) is 3.84. The highest BCUT2D eigenvalue weighted by Gasteiger charge is 2.22. The van der Waals surface area contributed by atoms with E-state index in [1.807, 2.05) is 42.2 Å². The Balaban J connectivity index is 1.42. The molecule has 1 fully saturated rings. The lowest BCUT2D eigenvalue weighted by Gasteiger charge is -2.35. The summed E-state index contributed by atoms with van der Waals surface area (Å²) in [6, 6.07) is 17.3. The summed E-state index contributed by atoms with van der Waals surface area (Å²) in [5.74, 6) is 1.62. The lowest BCUT2D eigenvalue weighted by Crippen LogP contribution is -2.50. The molecule has 1 saturated heterocycles. The topological polar surface area (TPSA) is 61.4 Å². The molecular weight excluding hydrogens is 398 g/mol. The number of benzene rings is 2. The van der Waals surface area contributed by atoms with Crippen LogP contribution in [-0.4, -0.2) is 47.1 Å². The minimum Gasteiger partial charge on any atom is -0.353 e. The lowest BCUT2D eigenvalue weighted by atomic mass is 10.1. The van der Waals surface area contributed by atoms with Gasteiger partial charge in [0.05, 0.1) is 0 Å². The van der Waals surface area contributed by atoms with Crippen LogP contribution in [0.25, 0.3) is 11.4 Å². The number of nitrogens with zero attached hydrogens (tertiary/aromatic N) is 4. The van der Waals surface area contributed by atoms with Gasteiger partial charge in [-0.1, -0.05) is 47.5 Å². The Morgan fingerprint density at radius 2 is 1.70 bits per heavy atom. The number of urea groups is 1. The van der Waals surface area contributed by atoms with Crippen molar-refractivity contribution in [1.29, 1.82) is 0 Å². The zero-order valence-electron chi connectivity index (χ0n) is 17.1. The molecule has 4 rings (SSSR count). The van der Waals surface area contributed by atoms with Crippen molar-refractivity contribution in [1.82, 2.24) is 14.9 Å². The predicted molar refractivity (Wildman–Crippen MR) is 121 cm³/mol. The molecule has 2 aromatic carbocycles. The number of aromatic nitrogens is 2. The van der Waals surface area contributed by atoms with Crippen molar-refractivity contribution < 1.29 is 4.79 Å². The van der Waals surface area contributed by atoms with Gasteiger partial charge in [-0.2, -0.15) is 0 Å². The number of hydrogen-bond donors (Lipinski definition) is 1. The van der Waals surface area contributed by atoms with Gasteiger partial charge in [-0.25, -0.2) is 14.8 Å². The fraction of sp³-hybridized carbons (Fsp3) is 0.261. The summed E-state index contributed by atoms with van der Waals surface area (Å²) in [5, 5.41) is 3.51. The van der Waals surface area contributed by atoms with E-state index in [1.54, 1.807) is 12.1 Å². The van der Waals surface area contributed by atoms with Crippen molar-refractivity contribution in [2.75, 3.05) is 36.4 Å². The number of anilines is 2. The van der Waals surface area contributed by atoms with Gasteiger partial charge in [-0.15, -0.1) is 0 Å². The highest BCUT2D eigenvalue weighted by molar-refractivity contribution is 6.30. The predicted octanol–water partition coefficient (Wildman–Crippen LogP) is 4.77. The van der Waals surface area contributed by atoms with E-state index < -0.39 is 0 Å². The van der Waals surface area contributed by atoms with Gasteiger partial charge in [0.1, 0.15) is 5.82 Å². The van der Waals surface area contributed by atoms with Crippen LogP contribution in [0.1, 0.15) is 11.3 Å². The van der Waals surface area contributed by atoms with Crippen molar-refractivity contribution >= 4 is 29.1 Å². The summed E-state index contributed by atoms with van der Waals surface area (Å²) in [6.45, 7) is 6.72. The Kier molecular flexibility index (Phi) is 5.86. The van der Waals surface area contributed by atoms with E-state index in [4.69, 9.17) is 16.6 Å². The van der Waals surface area contributed by atoms with Crippen LogP contribution >= 0.6 is 11.6 Å². The maximum absolute atomic E-state index is 12.6. The molecule has 1 aliphatic heterocycles. The number of piperazine rings is 1. The average Bonchev–Trinajstić information content (AvgIpc) is 2.74. The van der Waals surface area contributed by atoms with E-state index in [1.165, 1.54) is 5.56 Å². The van der Waals surface area contributed by atoms with Gasteiger partial charge in [0, 0.05) is 54.2 Å². The molecule has 0 unspecified atom stereocenters. The molecule has 0 spiro atoms. The standard InChI is InChI=1S/C23H24ClN5O/c1-16-6-8-18(9-7-16)22-25-17(2)14-21(27-22)28-10-12-29(13-11-28)23(30)26-20-5-3-4-19(24)15-20/h3-9,14-15H,10-13H2,1-2H3,(H,26,30). The highest BCUT2D eigenvalue weighted by atomic mass is 35.5. The molecule has 0 radical (unpaired) electrons. The second-order valence-corrected chi connectivity index (χ2v) is 7.91. The van der Waals surface area contributed by atoms with Crippen molar-refractivity contribution in [2.24, 2.45) is 0 Å². The third kappa shape index (κ3) is 4.71. The molecule has 0 atom stereocenters. The zero-order valence-corrected chi connectivity index (χ0v) is 17.9. The van der Waals surface area contributed by atoms with Crippen LogP contribution in [0.2, 0.25) is 5.02 Å². The SMILES string of the molecule is Cc1ccc(-c2nc(C)cc(N3CCN(C(=O)Nc4cccc(Cl)c4)CC3)n2)cc1. The Hall–Kier alpha value is -3.12. The minimum absolute atomic E-state index is 0.115. The molecule has 2 heterocycles. The van der Waals surface area contributed by atoms with E-state index in [0.717, 1.165) is 22.9 Å². The van der Waals surface area contributed by atoms with Gasteiger partial charge in [0.25, 0.3) is 0 Å². The van der Waals surface area contributed by atoms with Crippen LogP contribution in [0.5, 0.6) is 0 Å². The second-order valence-electron chi connectivity index (χ2n) is 7.47. The first kappa shape index (κ1) is 20.2. The number of carbonyl (C=O) groups excluding carboxylic acids is 1. The van der Waals surface area contributed by atoms with E-state index in [-0.39, 0.29) is 6.03 Å². The smallest absolute Gasteiger partial charge is 0.321 e. The lowest BCUT2D eigenvalue weighted by molar-refractivity contribution is 0.208. The maximum atomic E-state index is 12.6. The molecule has 0 saturated carbocycles. The zero-order chi connectivity index (χ0) is 21.1. The highest BCUT2D eigenvalue weighted by Crippen LogP contribution is 2.22.